The zero-order valence-electron chi connectivity index (χ0n) is 9.58. The number of H-pyrrole nitrogens is 1. The number of amides is 1. The molecule has 92 valence electrons. The number of aromatic nitrogens is 2. The minimum Gasteiger partial charge on any atom is -0.482 e. The molecule has 0 fully saturated rings. The molecule has 0 bridgehead atoms. The number of nitrogens with zero attached hydrogens (tertiary/aromatic N) is 1. The Kier molecular flexibility index (Phi) is 2.29. The van der Waals surface area contributed by atoms with Gasteiger partial charge in [-0.05, 0) is 25.1 Å². The third kappa shape index (κ3) is 1.71. The highest BCUT2D eigenvalue weighted by Crippen LogP contribution is 2.31. The highest BCUT2D eigenvalue weighted by atomic mass is 19.1. The first kappa shape index (κ1) is 10.8. The summed E-state index contributed by atoms with van der Waals surface area (Å²) >= 11 is 0. The van der Waals surface area contributed by atoms with E-state index in [9.17, 15) is 9.18 Å². The second-order valence-electron chi connectivity index (χ2n) is 4.05. The Labute approximate surface area is 102 Å². The number of nitrogens with one attached hydrogen (secondary N) is 2. The molecule has 1 aromatic heterocycles. The molecule has 0 radical (unpaired) electrons. The van der Waals surface area contributed by atoms with Gasteiger partial charge in [0.2, 0.25) is 5.95 Å². The molecule has 0 saturated heterocycles. The fraction of sp³-hybridized carbons (Fsp3) is 0.167. The highest BCUT2D eigenvalue weighted by Gasteiger charge is 2.17. The second-order valence-corrected chi connectivity index (χ2v) is 4.05. The van der Waals surface area contributed by atoms with Crippen LogP contribution in [-0.4, -0.2) is 22.5 Å². The fourth-order valence-electron chi connectivity index (χ4n) is 1.80. The summed E-state index contributed by atoms with van der Waals surface area (Å²) in [5.74, 6) is 0.293. The van der Waals surface area contributed by atoms with Crippen LogP contribution in [0.5, 0.6) is 5.75 Å². The van der Waals surface area contributed by atoms with Gasteiger partial charge in [0.25, 0.3) is 5.91 Å². The molecule has 2 aromatic rings. The number of aromatic amines is 1. The highest BCUT2D eigenvalue weighted by molar-refractivity contribution is 5.95. The van der Waals surface area contributed by atoms with Crippen LogP contribution >= 0.6 is 0 Å². The summed E-state index contributed by atoms with van der Waals surface area (Å²) in [5.41, 5.74) is 1.70. The van der Waals surface area contributed by atoms with Crippen LogP contribution in [0.15, 0.2) is 18.2 Å². The van der Waals surface area contributed by atoms with Crippen LogP contribution in [0.4, 0.5) is 10.1 Å². The van der Waals surface area contributed by atoms with Gasteiger partial charge in [-0.15, -0.1) is 0 Å². The number of anilines is 1. The molecule has 18 heavy (non-hydrogen) atoms. The summed E-state index contributed by atoms with van der Waals surface area (Å²) in [4.78, 5) is 17.8. The predicted molar refractivity (Wildman–Crippen MR) is 62.8 cm³/mol. The lowest BCUT2D eigenvalue weighted by Gasteiger charge is -2.18. The van der Waals surface area contributed by atoms with Crippen molar-refractivity contribution in [2.75, 3.05) is 11.9 Å². The number of carbonyl (C=O) groups is 1. The maximum Gasteiger partial charge on any atom is 0.262 e. The molecule has 0 unspecified atom stereocenters. The van der Waals surface area contributed by atoms with Gasteiger partial charge in [-0.25, -0.2) is 4.98 Å². The molecule has 1 aliphatic rings. The van der Waals surface area contributed by atoms with Crippen molar-refractivity contribution in [3.8, 4) is 17.1 Å². The molecular formula is C12H10FN3O2. The molecular weight excluding hydrogens is 237 g/mol. The van der Waals surface area contributed by atoms with Crippen molar-refractivity contribution in [3.63, 3.8) is 0 Å². The van der Waals surface area contributed by atoms with E-state index < -0.39 is 5.95 Å². The number of hydrogen-bond donors (Lipinski definition) is 2. The van der Waals surface area contributed by atoms with Crippen LogP contribution in [0, 0.1) is 12.9 Å². The summed E-state index contributed by atoms with van der Waals surface area (Å²) in [6, 6.07) is 5.16. The van der Waals surface area contributed by atoms with Gasteiger partial charge in [-0.1, -0.05) is 0 Å². The number of aryl methyl sites for hydroxylation is 1. The third-order valence-corrected chi connectivity index (χ3v) is 2.71. The van der Waals surface area contributed by atoms with Crippen LogP contribution in [-0.2, 0) is 4.79 Å². The van der Waals surface area contributed by atoms with Crippen LogP contribution in [0.1, 0.15) is 5.69 Å². The number of carbonyl (C=O) groups excluding carboxylic acids is 1. The second kappa shape index (κ2) is 3.83. The summed E-state index contributed by atoms with van der Waals surface area (Å²) in [7, 11) is 0. The van der Waals surface area contributed by atoms with Gasteiger partial charge in [0.15, 0.2) is 6.61 Å². The molecule has 0 aliphatic carbocycles. The molecule has 2 heterocycles. The van der Waals surface area contributed by atoms with E-state index in [1.807, 2.05) is 0 Å². The largest absolute Gasteiger partial charge is 0.482 e. The van der Waals surface area contributed by atoms with Crippen molar-refractivity contribution in [3.05, 3.63) is 29.8 Å². The molecule has 2 N–H and O–H groups in total. The Morgan fingerprint density at radius 2 is 2.28 bits per heavy atom. The van der Waals surface area contributed by atoms with E-state index in [1.165, 1.54) is 0 Å². The SMILES string of the molecule is Cc1[nH]c(-c2ccc3c(c2)OCC(=O)N3)nc1F. The Morgan fingerprint density at radius 1 is 1.44 bits per heavy atom. The Bertz CT molecular complexity index is 617. The van der Waals surface area contributed by atoms with Gasteiger partial charge in [0.1, 0.15) is 11.6 Å². The first-order chi connectivity index (χ1) is 8.63. The fourth-order valence-corrected chi connectivity index (χ4v) is 1.80. The summed E-state index contributed by atoms with van der Waals surface area (Å²) in [5, 5.41) is 2.69. The molecule has 0 atom stereocenters. The van der Waals surface area contributed by atoms with Gasteiger partial charge in [-0.3, -0.25) is 4.79 Å². The monoisotopic (exact) mass is 247 g/mol. The number of hydrogen-bond acceptors (Lipinski definition) is 3. The Balaban J connectivity index is 2.02. The van der Waals surface area contributed by atoms with Gasteiger partial charge >= 0.3 is 0 Å². The number of halogens is 1. The van der Waals surface area contributed by atoms with Gasteiger partial charge in [0.05, 0.1) is 11.4 Å². The average molecular weight is 247 g/mol. The normalized spacial score (nSPS) is 13.8. The van der Waals surface area contributed by atoms with Gasteiger partial charge < -0.3 is 15.0 Å². The third-order valence-electron chi connectivity index (χ3n) is 2.71. The van der Waals surface area contributed by atoms with Crippen molar-refractivity contribution < 1.29 is 13.9 Å². The molecule has 1 aliphatic heterocycles. The number of rotatable bonds is 1. The first-order valence-electron chi connectivity index (χ1n) is 5.42. The van der Waals surface area contributed by atoms with Crippen LogP contribution in [0.2, 0.25) is 0 Å². The van der Waals surface area contributed by atoms with E-state index in [-0.39, 0.29) is 12.5 Å². The number of imidazole rings is 1. The van der Waals surface area contributed by atoms with E-state index in [2.05, 4.69) is 15.3 Å². The average Bonchev–Trinajstić information content (AvgIpc) is 2.69. The quantitative estimate of drug-likeness (QED) is 0.808. The van der Waals surface area contributed by atoms with Crippen molar-refractivity contribution in [1.29, 1.82) is 0 Å². The maximum atomic E-state index is 13.2. The lowest BCUT2D eigenvalue weighted by atomic mass is 10.1. The number of fused-ring (bicyclic) bond motifs is 1. The van der Waals surface area contributed by atoms with E-state index in [0.29, 0.717) is 28.5 Å². The van der Waals surface area contributed by atoms with E-state index in [1.54, 1.807) is 25.1 Å². The minimum atomic E-state index is -0.517. The first-order valence-corrected chi connectivity index (χ1v) is 5.42. The smallest absolute Gasteiger partial charge is 0.262 e. The topological polar surface area (TPSA) is 67.0 Å². The van der Waals surface area contributed by atoms with E-state index >= 15 is 0 Å². The standard InChI is InChI=1S/C12H10FN3O2/c1-6-11(13)16-12(14-6)7-2-3-8-9(4-7)18-5-10(17)15-8/h2-4H,5H2,1H3,(H,14,16)(H,15,17). The van der Waals surface area contributed by atoms with Crippen molar-refractivity contribution in [2.24, 2.45) is 0 Å². The molecule has 1 aromatic carbocycles. The van der Waals surface area contributed by atoms with Gasteiger partial charge in [-0.2, -0.15) is 4.39 Å². The molecule has 1 amide bonds. The zero-order chi connectivity index (χ0) is 12.7. The Morgan fingerprint density at radius 3 is 3.00 bits per heavy atom. The van der Waals surface area contributed by atoms with Crippen molar-refractivity contribution in [2.45, 2.75) is 6.92 Å². The van der Waals surface area contributed by atoms with Crippen LogP contribution in [0.25, 0.3) is 11.4 Å². The molecule has 3 rings (SSSR count). The summed E-state index contributed by atoms with van der Waals surface area (Å²) in [6.07, 6.45) is 0. The lowest BCUT2D eigenvalue weighted by Crippen LogP contribution is -2.25. The van der Waals surface area contributed by atoms with Crippen LogP contribution in [0.3, 0.4) is 0 Å². The van der Waals surface area contributed by atoms with E-state index in [0.717, 1.165) is 0 Å². The van der Waals surface area contributed by atoms with E-state index in [4.69, 9.17) is 4.74 Å². The molecule has 5 nitrogen and oxygen atoms in total. The molecule has 6 heteroatoms. The van der Waals surface area contributed by atoms with Gasteiger partial charge in [0, 0.05) is 5.56 Å². The van der Waals surface area contributed by atoms with Crippen molar-refractivity contribution in [1.82, 2.24) is 9.97 Å². The lowest BCUT2D eigenvalue weighted by molar-refractivity contribution is -0.118. The maximum absolute atomic E-state index is 13.2. The van der Waals surface area contributed by atoms with Crippen LogP contribution < -0.4 is 10.1 Å². The molecule has 0 spiro atoms. The number of ether oxygens (including phenoxy) is 1. The predicted octanol–water partition coefficient (Wildman–Crippen LogP) is 1.86. The number of benzene rings is 1. The summed E-state index contributed by atoms with van der Waals surface area (Å²) in [6.45, 7) is 1.60. The Hall–Kier alpha value is -2.37. The summed E-state index contributed by atoms with van der Waals surface area (Å²) < 4.78 is 18.5. The van der Waals surface area contributed by atoms with Crippen molar-refractivity contribution >= 4 is 11.6 Å². The zero-order valence-corrected chi connectivity index (χ0v) is 9.58. The molecule has 0 saturated carbocycles. The minimum absolute atomic E-state index is 0.0119.